The van der Waals surface area contributed by atoms with Gasteiger partial charge in [0.25, 0.3) is 5.56 Å². The Morgan fingerprint density at radius 2 is 1.40 bits per heavy atom. The average Bonchev–Trinajstić information content (AvgIpc) is 3.13. The first-order chi connectivity index (χ1) is 11.8. The van der Waals surface area contributed by atoms with Crippen LogP contribution in [0.4, 0.5) is 0 Å². The lowest BCUT2D eigenvalue weighted by molar-refractivity contribution is 1.07. The largest absolute Gasteiger partial charge is 0.340 e. The van der Waals surface area contributed by atoms with E-state index in [0.29, 0.717) is 11.0 Å². The zero-order valence-corrected chi connectivity index (χ0v) is 15.9. The highest BCUT2D eigenvalue weighted by atomic mass is 32.1. The number of hydrogen-bond acceptors (Lipinski definition) is 4. The predicted octanol–water partition coefficient (Wildman–Crippen LogP) is 4.24. The van der Waals surface area contributed by atoms with Gasteiger partial charge in [-0.2, -0.15) is 0 Å². The molecule has 0 aliphatic heterocycles. The van der Waals surface area contributed by atoms with Crippen LogP contribution in [0.25, 0.3) is 33.4 Å². The van der Waals surface area contributed by atoms with Gasteiger partial charge in [0, 0.05) is 30.6 Å². The van der Waals surface area contributed by atoms with Gasteiger partial charge in [-0.05, 0) is 45.4 Å². The Morgan fingerprint density at radius 3 is 1.96 bits per heavy atom. The first kappa shape index (κ1) is 16.1. The molecule has 25 heavy (non-hydrogen) atoms. The van der Waals surface area contributed by atoms with Crippen LogP contribution in [0, 0.1) is 27.7 Å². The van der Waals surface area contributed by atoms with Crippen LogP contribution in [0.15, 0.2) is 21.7 Å². The van der Waals surface area contributed by atoms with Crippen molar-refractivity contribution in [2.75, 3.05) is 0 Å². The summed E-state index contributed by atoms with van der Waals surface area (Å²) >= 11 is 3.42. The fraction of sp³-hybridized carbons (Fsp3) is 0.222. The van der Waals surface area contributed by atoms with Gasteiger partial charge in [0.15, 0.2) is 0 Å². The second-order valence-corrected chi connectivity index (χ2v) is 9.11. The molecule has 0 atom stereocenters. The maximum atomic E-state index is 12.6. The van der Waals surface area contributed by atoms with Crippen LogP contribution in [0.3, 0.4) is 0 Å². The number of hydrogen-bond donors (Lipinski definition) is 3. The molecule has 0 spiro atoms. The van der Waals surface area contributed by atoms with Crippen LogP contribution >= 0.6 is 22.7 Å². The van der Waals surface area contributed by atoms with Gasteiger partial charge in [0.05, 0.1) is 11.1 Å². The van der Waals surface area contributed by atoms with Crippen molar-refractivity contribution in [2.45, 2.75) is 27.7 Å². The van der Waals surface area contributed by atoms with Crippen LogP contribution in [-0.4, -0.2) is 15.0 Å². The molecule has 0 fully saturated rings. The number of H-pyrrole nitrogens is 3. The molecule has 3 N–H and O–H groups in total. The van der Waals surface area contributed by atoms with Crippen molar-refractivity contribution in [3.05, 3.63) is 52.5 Å². The Kier molecular flexibility index (Phi) is 3.59. The maximum Gasteiger partial charge on any atom is 0.327 e. The van der Waals surface area contributed by atoms with Gasteiger partial charge in [-0.1, -0.05) is 0 Å². The minimum atomic E-state index is -0.506. The minimum absolute atomic E-state index is 0.371. The molecule has 0 unspecified atom stereocenters. The van der Waals surface area contributed by atoms with Gasteiger partial charge in [0.2, 0.25) is 0 Å². The number of aromatic amines is 3. The molecule has 0 bridgehead atoms. The number of nitrogens with one attached hydrogen (secondary N) is 3. The lowest BCUT2D eigenvalue weighted by Crippen LogP contribution is -2.21. The second kappa shape index (κ2) is 5.57. The molecular formula is C18H17N3O2S2. The van der Waals surface area contributed by atoms with Gasteiger partial charge in [-0.3, -0.25) is 14.8 Å². The molecule has 4 heterocycles. The summed E-state index contributed by atoms with van der Waals surface area (Å²) < 4.78 is 0. The van der Waals surface area contributed by atoms with Crippen LogP contribution < -0.4 is 11.2 Å². The van der Waals surface area contributed by atoms with Crippen molar-refractivity contribution in [1.82, 2.24) is 15.0 Å². The molecule has 4 aromatic heterocycles. The zero-order valence-electron chi connectivity index (χ0n) is 14.3. The van der Waals surface area contributed by atoms with Gasteiger partial charge >= 0.3 is 5.69 Å². The van der Waals surface area contributed by atoms with Gasteiger partial charge < -0.3 is 4.98 Å². The Bertz CT molecular complexity index is 1230. The van der Waals surface area contributed by atoms with E-state index in [1.807, 2.05) is 0 Å². The summed E-state index contributed by atoms with van der Waals surface area (Å²) in [4.78, 5) is 37.3. The van der Waals surface area contributed by atoms with E-state index < -0.39 is 5.69 Å². The topological polar surface area (TPSA) is 81.5 Å². The highest BCUT2D eigenvalue weighted by molar-refractivity contribution is 7.12. The molecule has 7 heteroatoms. The van der Waals surface area contributed by atoms with E-state index in [1.54, 1.807) is 22.7 Å². The molecule has 0 radical (unpaired) electrons. The van der Waals surface area contributed by atoms with E-state index in [9.17, 15) is 9.59 Å². The van der Waals surface area contributed by atoms with Crippen LogP contribution in [-0.2, 0) is 0 Å². The zero-order chi connectivity index (χ0) is 17.9. The fourth-order valence-electron chi connectivity index (χ4n) is 3.36. The third kappa shape index (κ3) is 2.51. The number of thiophene rings is 2. The Labute approximate surface area is 151 Å². The molecule has 0 aromatic carbocycles. The summed E-state index contributed by atoms with van der Waals surface area (Å²) in [6.45, 7) is 8.25. The molecular weight excluding hydrogens is 354 g/mol. The highest BCUT2D eigenvalue weighted by Crippen LogP contribution is 2.42. The second-order valence-electron chi connectivity index (χ2n) is 6.19. The summed E-state index contributed by atoms with van der Waals surface area (Å²) in [5.74, 6) is 0. The van der Waals surface area contributed by atoms with Gasteiger partial charge in [0.1, 0.15) is 5.65 Å². The van der Waals surface area contributed by atoms with Crippen molar-refractivity contribution in [3.8, 4) is 22.4 Å². The van der Waals surface area contributed by atoms with Crippen LogP contribution in [0.2, 0.25) is 0 Å². The molecule has 4 rings (SSSR count). The molecule has 0 aliphatic carbocycles. The number of fused-ring (bicyclic) bond motifs is 1. The van der Waals surface area contributed by atoms with Gasteiger partial charge in [-0.15, -0.1) is 22.7 Å². The third-order valence-corrected chi connectivity index (χ3v) is 6.25. The van der Waals surface area contributed by atoms with Crippen molar-refractivity contribution < 1.29 is 0 Å². The summed E-state index contributed by atoms with van der Waals surface area (Å²) in [5, 5.41) is 0.499. The lowest BCUT2D eigenvalue weighted by Gasteiger charge is -2.04. The smallest absolute Gasteiger partial charge is 0.327 e. The first-order valence-corrected chi connectivity index (χ1v) is 9.51. The van der Waals surface area contributed by atoms with E-state index >= 15 is 0 Å². The summed E-state index contributed by atoms with van der Waals surface area (Å²) in [7, 11) is 0. The van der Waals surface area contributed by atoms with Crippen molar-refractivity contribution in [2.24, 2.45) is 0 Å². The molecule has 0 saturated heterocycles. The van der Waals surface area contributed by atoms with Crippen LogP contribution in [0.1, 0.15) is 19.5 Å². The standard InChI is InChI=1S/C18H17N3O2S2/c1-7-5-11(9(3)24-7)13-14-16(20-18(23)21-17(14)22)19-15(13)12-6-8(2)25-10(12)4/h5-6H,1-4H3,(H3,19,20,21,22,23). The summed E-state index contributed by atoms with van der Waals surface area (Å²) in [6.07, 6.45) is 0. The average molecular weight is 371 g/mol. The fourth-order valence-corrected chi connectivity index (χ4v) is 5.22. The van der Waals surface area contributed by atoms with Crippen molar-refractivity contribution in [3.63, 3.8) is 0 Å². The Balaban J connectivity index is 2.19. The monoisotopic (exact) mass is 371 g/mol. The van der Waals surface area contributed by atoms with Gasteiger partial charge in [-0.25, -0.2) is 4.79 Å². The number of aryl methyl sites for hydroxylation is 4. The molecule has 4 aromatic rings. The maximum absolute atomic E-state index is 12.6. The van der Waals surface area contributed by atoms with E-state index in [0.717, 1.165) is 27.3 Å². The summed E-state index contributed by atoms with van der Waals surface area (Å²) in [5.41, 5.74) is 3.42. The molecule has 0 aliphatic rings. The van der Waals surface area contributed by atoms with E-state index in [1.165, 1.54) is 14.6 Å². The molecule has 0 amide bonds. The van der Waals surface area contributed by atoms with Crippen molar-refractivity contribution in [1.29, 1.82) is 0 Å². The Hall–Kier alpha value is -2.38. The SMILES string of the molecule is Cc1cc(-c2[nH]c3[nH]c(=O)[nH]c(=O)c3c2-c2cc(C)sc2C)c(C)s1. The highest BCUT2D eigenvalue weighted by Gasteiger charge is 2.22. The van der Waals surface area contributed by atoms with E-state index in [4.69, 9.17) is 0 Å². The van der Waals surface area contributed by atoms with E-state index in [-0.39, 0.29) is 5.56 Å². The molecule has 0 saturated carbocycles. The number of aromatic nitrogens is 3. The van der Waals surface area contributed by atoms with Crippen molar-refractivity contribution >= 4 is 33.7 Å². The Morgan fingerprint density at radius 1 is 0.800 bits per heavy atom. The first-order valence-electron chi connectivity index (χ1n) is 7.88. The minimum Gasteiger partial charge on any atom is -0.340 e. The quantitative estimate of drug-likeness (QED) is 0.493. The normalized spacial score (nSPS) is 11.5. The lowest BCUT2D eigenvalue weighted by atomic mass is 10.00. The number of rotatable bonds is 2. The molecule has 128 valence electrons. The van der Waals surface area contributed by atoms with E-state index in [2.05, 4.69) is 54.8 Å². The third-order valence-electron chi connectivity index (χ3n) is 4.31. The van der Waals surface area contributed by atoms with Crippen LogP contribution in [0.5, 0.6) is 0 Å². The molecule has 5 nitrogen and oxygen atoms in total. The predicted molar refractivity (Wildman–Crippen MR) is 105 cm³/mol. The summed E-state index contributed by atoms with van der Waals surface area (Å²) in [6, 6.07) is 4.22.